The first-order chi connectivity index (χ1) is 8.43. The number of sulfonamides is 1. The maximum absolute atomic E-state index is 12.3. The average molecular weight is 291 g/mol. The van der Waals surface area contributed by atoms with Crippen molar-refractivity contribution in [3.8, 4) is 0 Å². The van der Waals surface area contributed by atoms with Crippen LogP contribution in [0.2, 0.25) is 0 Å². The Labute approximate surface area is 108 Å². The van der Waals surface area contributed by atoms with Gasteiger partial charge in [-0.2, -0.15) is 4.31 Å². The number of nitrogens with two attached hydrogens (primary N) is 2. The van der Waals surface area contributed by atoms with E-state index in [-0.39, 0.29) is 24.0 Å². The predicted octanol–water partition coefficient (Wildman–Crippen LogP) is -0.795. The molecule has 4 N–H and O–H groups in total. The fourth-order valence-corrected chi connectivity index (χ4v) is 4.45. The molecule has 1 unspecified atom stereocenters. The van der Waals surface area contributed by atoms with Crippen molar-refractivity contribution in [1.29, 1.82) is 0 Å². The third-order valence-electron chi connectivity index (χ3n) is 2.57. The van der Waals surface area contributed by atoms with E-state index in [2.05, 4.69) is 0 Å². The molecule has 1 atom stereocenters. The summed E-state index contributed by atoms with van der Waals surface area (Å²) in [6.07, 6.45) is 0. The first-order valence-electron chi connectivity index (χ1n) is 5.16. The van der Waals surface area contributed by atoms with Crippen molar-refractivity contribution in [2.45, 2.75) is 10.3 Å². The Balaban J connectivity index is 2.36. The lowest BCUT2D eigenvalue weighted by molar-refractivity contribution is -0.125. The van der Waals surface area contributed by atoms with Crippen molar-refractivity contribution in [2.75, 3.05) is 25.5 Å². The highest BCUT2D eigenvalue weighted by molar-refractivity contribution is 7.91. The SMILES string of the molecule is NC(=O)C1COCCN1S(=O)(=O)c1cc(N)cs1. The minimum atomic E-state index is -3.74. The molecule has 0 aliphatic carbocycles. The van der Waals surface area contributed by atoms with Gasteiger partial charge in [0.25, 0.3) is 10.0 Å². The van der Waals surface area contributed by atoms with E-state index in [1.807, 2.05) is 0 Å². The number of carbonyl (C=O) groups excluding carboxylic acids is 1. The Kier molecular flexibility index (Phi) is 3.57. The highest BCUT2D eigenvalue weighted by Gasteiger charge is 2.37. The fourth-order valence-electron chi connectivity index (χ4n) is 1.68. The van der Waals surface area contributed by atoms with Crippen LogP contribution in [0.4, 0.5) is 5.69 Å². The van der Waals surface area contributed by atoms with Gasteiger partial charge in [-0.1, -0.05) is 0 Å². The maximum atomic E-state index is 12.3. The summed E-state index contributed by atoms with van der Waals surface area (Å²) in [5.41, 5.74) is 11.1. The number of amides is 1. The van der Waals surface area contributed by atoms with Gasteiger partial charge in [0.05, 0.1) is 13.2 Å². The largest absolute Gasteiger partial charge is 0.398 e. The summed E-state index contributed by atoms with van der Waals surface area (Å²) < 4.78 is 30.9. The van der Waals surface area contributed by atoms with Crippen molar-refractivity contribution in [2.24, 2.45) is 5.73 Å². The van der Waals surface area contributed by atoms with Crippen LogP contribution >= 0.6 is 11.3 Å². The van der Waals surface area contributed by atoms with Gasteiger partial charge in [-0.3, -0.25) is 4.79 Å². The lowest BCUT2D eigenvalue weighted by Gasteiger charge is -2.31. The van der Waals surface area contributed by atoms with Gasteiger partial charge in [0.2, 0.25) is 5.91 Å². The Hall–Kier alpha value is -1.16. The summed E-state index contributed by atoms with van der Waals surface area (Å²) >= 11 is 1.02. The van der Waals surface area contributed by atoms with Gasteiger partial charge < -0.3 is 16.2 Å². The normalized spacial score (nSPS) is 21.9. The number of carbonyl (C=O) groups is 1. The number of thiophene rings is 1. The number of primary amides is 1. The van der Waals surface area contributed by atoms with Crippen LogP contribution in [0.15, 0.2) is 15.7 Å². The molecule has 0 radical (unpaired) electrons. The van der Waals surface area contributed by atoms with Crippen LogP contribution in [0.5, 0.6) is 0 Å². The van der Waals surface area contributed by atoms with Crippen LogP contribution in [-0.4, -0.2) is 44.4 Å². The molecule has 1 saturated heterocycles. The van der Waals surface area contributed by atoms with E-state index in [1.165, 1.54) is 11.4 Å². The number of nitrogen functional groups attached to an aromatic ring is 1. The first-order valence-corrected chi connectivity index (χ1v) is 7.48. The molecule has 0 bridgehead atoms. The number of anilines is 1. The third-order valence-corrected chi connectivity index (χ3v) is 5.91. The molecule has 2 rings (SSSR count). The minimum Gasteiger partial charge on any atom is -0.398 e. The van der Waals surface area contributed by atoms with Gasteiger partial charge in [-0.25, -0.2) is 8.42 Å². The Morgan fingerprint density at radius 1 is 1.56 bits per heavy atom. The number of ether oxygens (including phenoxy) is 1. The minimum absolute atomic E-state index is 0.0184. The molecule has 0 aromatic carbocycles. The molecule has 9 heteroatoms. The molecule has 2 heterocycles. The Morgan fingerprint density at radius 3 is 2.83 bits per heavy atom. The van der Waals surface area contributed by atoms with E-state index >= 15 is 0 Å². The van der Waals surface area contributed by atoms with Crippen molar-refractivity contribution >= 4 is 33.0 Å². The second-order valence-electron chi connectivity index (χ2n) is 3.81. The number of nitrogens with zero attached hydrogens (tertiary/aromatic N) is 1. The number of hydrogen-bond acceptors (Lipinski definition) is 6. The summed E-state index contributed by atoms with van der Waals surface area (Å²) in [6, 6.07) is 0.403. The quantitative estimate of drug-likeness (QED) is 0.756. The lowest BCUT2D eigenvalue weighted by Crippen LogP contribution is -2.54. The van der Waals surface area contributed by atoms with Crippen molar-refractivity contribution in [1.82, 2.24) is 4.31 Å². The zero-order valence-corrected chi connectivity index (χ0v) is 11.0. The summed E-state index contributed by atoms with van der Waals surface area (Å²) in [4.78, 5) is 11.3. The Bertz CT molecular complexity index is 554. The van der Waals surface area contributed by atoms with E-state index in [4.69, 9.17) is 16.2 Å². The number of rotatable bonds is 3. The van der Waals surface area contributed by atoms with Gasteiger partial charge in [0.1, 0.15) is 10.3 Å². The second kappa shape index (κ2) is 4.84. The molecular formula is C9H13N3O4S2. The van der Waals surface area contributed by atoms with Crippen LogP contribution in [-0.2, 0) is 19.6 Å². The smallest absolute Gasteiger partial charge is 0.253 e. The molecule has 1 aliphatic heterocycles. The first kappa shape index (κ1) is 13.3. The van der Waals surface area contributed by atoms with Gasteiger partial charge in [0.15, 0.2) is 0 Å². The van der Waals surface area contributed by atoms with Crippen LogP contribution < -0.4 is 11.5 Å². The predicted molar refractivity (Wildman–Crippen MR) is 66.4 cm³/mol. The molecule has 0 saturated carbocycles. The van der Waals surface area contributed by atoms with Crippen molar-refractivity contribution in [3.05, 3.63) is 11.4 Å². The molecule has 1 amide bonds. The molecule has 1 aromatic heterocycles. The second-order valence-corrected chi connectivity index (χ2v) is 6.84. The highest BCUT2D eigenvalue weighted by Crippen LogP contribution is 2.27. The summed E-state index contributed by atoms with van der Waals surface area (Å²) in [5, 5.41) is 1.53. The third kappa shape index (κ3) is 2.34. The summed E-state index contributed by atoms with van der Waals surface area (Å²) in [5.74, 6) is -0.720. The van der Waals surface area contributed by atoms with Gasteiger partial charge in [-0.05, 0) is 6.07 Å². The van der Waals surface area contributed by atoms with Crippen molar-refractivity contribution < 1.29 is 17.9 Å². The molecule has 1 fully saturated rings. The van der Waals surface area contributed by atoms with Crippen molar-refractivity contribution in [3.63, 3.8) is 0 Å². The molecule has 1 aliphatic rings. The fraction of sp³-hybridized carbons (Fsp3) is 0.444. The number of hydrogen-bond donors (Lipinski definition) is 2. The van der Waals surface area contributed by atoms with E-state index < -0.39 is 22.0 Å². The van der Waals surface area contributed by atoms with Gasteiger partial charge in [0, 0.05) is 17.6 Å². The summed E-state index contributed by atoms with van der Waals surface area (Å²) in [7, 11) is -3.74. The molecule has 1 aromatic rings. The topological polar surface area (TPSA) is 116 Å². The average Bonchev–Trinajstić information content (AvgIpc) is 2.76. The molecule has 18 heavy (non-hydrogen) atoms. The van der Waals surface area contributed by atoms with E-state index in [9.17, 15) is 13.2 Å². The molecule has 0 spiro atoms. The van der Waals surface area contributed by atoms with Crippen LogP contribution in [0.3, 0.4) is 0 Å². The van der Waals surface area contributed by atoms with Crippen LogP contribution in [0, 0.1) is 0 Å². The molecular weight excluding hydrogens is 278 g/mol. The zero-order chi connectivity index (χ0) is 13.3. The maximum Gasteiger partial charge on any atom is 0.253 e. The standard InChI is InChI=1S/C9H13N3O4S2/c10-6-3-8(17-5-6)18(14,15)12-1-2-16-4-7(12)9(11)13/h3,5,7H,1-2,4,10H2,(H2,11,13). The van der Waals surface area contributed by atoms with Gasteiger partial charge in [-0.15, -0.1) is 11.3 Å². The molecule has 7 nitrogen and oxygen atoms in total. The zero-order valence-electron chi connectivity index (χ0n) is 9.40. The highest BCUT2D eigenvalue weighted by atomic mass is 32.2. The van der Waals surface area contributed by atoms with Crippen LogP contribution in [0.1, 0.15) is 0 Å². The number of morpholine rings is 1. The van der Waals surface area contributed by atoms with Crippen LogP contribution in [0.25, 0.3) is 0 Å². The molecule has 100 valence electrons. The Morgan fingerprint density at radius 2 is 2.28 bits per heavy atom. The van der Waals surface area contributed by atoms with E-state index in [0.717, 1.165) is 15.6 Å². The van der Waals surface area contributed by atoms with E-state index in [1.54, 1.807) is 0 Å². The van der Waals surface area contributed by atoms with Gasteiger partial charge >= 0.3 is 0 Å². The van der Waals surface area contributed by atoms with E-state index in [0.29, 0.717) is 5.69 Å². The lowest BCUT2D eigenvalue weighted by atomic mass is 10.3. The summed E-state index contributed by atoms with van der Waals surface area (Å²) in [6.45, 7) is 0.326. The monoisotopic (exact) mass is 291 g/mol.